The van der Waals surface area contributed by atoms with E-state index in [9.17, 15) is 8.42 Å². The lowest BCUT2D eigenvalue weighted by Crippen LogP contribution is -2.05. The van der Waals surface area contributed by atoms with Crippen molar-refractivity contribution >= 4 is 21.6 Å². The summed E-state index contributed by atoms with van der Waals surface area (Å²) in [6.07, 6.45) is 3.01. The Bertz CT molecular complexity index is 443. The Morgan fingerprint density at radius 3 is 2.60 bits per heavy atom. The highest BCUT2D eigenvalue weighted by molar-refractivity contribution is 7.99. The number of thioether (sulfide) groups is 1. The molecule has 0 saturated heterocycles. The third-order valence-electron chi connectivity index (χ3n) is 1.90. The van der Waals surface area contributed by atoms with Crippen LogP contribution < -0.4 is 5.90 Å². The Balaban J connectivity index is 3.35. The summed E-state index contributed by atoms with van der Waals surface area (Å²) in [6.45, 7) is 0.208. The van der Waals surface area contributed by atoms with Crippen LogP contribution in [0.5, 0.6) is 0 Å². The number of rotatable bonds is 4. The molecule has 1 aromatic rings. The second kappa shape index (κ2) is 4.98. The van der Waals surface area contributed by atoms with Gasteiger partial charge in [0, 0.05) is 11.2 Å². The molecule has 1 rings (SSSR count). The summed E-state index contributed by atoms with van der Waals surface area (Å²) < 4.78 is 23.0. The van der Waals surface area contributed by atoms with Crippen LogP contribution in [0.15, 0.2) is 28.0 Å². The van der Waals surface area contributed by atoms with Crippen molar-refractivity contribution in [2.45, 2.75) is 16.4 Å². The fourth-order valence-corrected chi connectivity index (χ4v) is 3.44. The molecule has 0 spiro atoms. The van der Waals surface area contributed by atoms with Crippen LogP contribution >= 0.6 is 11.8 Å². The quantitative estimate of drug-likeness (QED) is 0.639. The lowest BCUT2D eigenvalue weighted by atomic mass is 10.2. The van der Waals surface area contributed by atoms with Crippen molar-refractivity contribution in [3.05, 3.63) is 23.8 Å². The van der Waals surface area contributed by atoms with Crippen LogP contribution in [0, 0.1) is 0 Å². The minimum atomic E-state index is -3.20. The zero-order chi connectivity index (χ0) is 11.5. The van der Waals surface area contributed by atoms with Crippen molar-refractivity contribution in [1.82, 2.24) is 0 Å². The first-order valence-electron chi connectivity index (χ1n) is 4.18. The second-order valence-corrected chi connectivity index (χ2v) is 5.83. The molecule has 0 aliphatic rings. The van der Waals surface area contributed by atoms with Crippen LogP contribution in [0.1, 0.15) is 5.56 Å². The molecule has 0 aliphatic carbocycles. The van der Waals surface area contributed by atoms with Gasteiger partial charge in [-0.3, -0.25) is 4.84 Å². The summed E-state index contributed by atoms with van der Waals surface area (Å²) in [7, 11) is -3.20. The third kappa shape index (κ3) is 2.94. The van der Waals surface area contributed by atoms with Crippen molar-refractivity contribution in [3.63, 3.8) is 0 Å². The summed E-state index contributed by atoms with van der Waals surface area (Å²) in [6, 6.07) is 5.07. The first-order valence-corrected chi connectivity index (χ1v) is 7.30. The van der Waals surface area contributed by atoms with Crippen molar-refractivity contribution in [2.24, 2.45) is 5.90 Å². The van der Waals surface area contributed by atoms with Crippen LogP contribution in [0.4, 0.5) is 0 Å². The predicted octanol–water partition coefficient (Wildman–Crippen LogP) is 1.20. The summed E-state index contributed by atoms with van der Waals surface area (Å²) in [4.78, 5) is 5.55. The topological polar surface area (TPSA) is 69.4 Å². The molecule has 0 heterocycles. The van der Waals surface area contributed by atoms with Gasteiger partial charge in [-0.05, 0) is 17.9 Å². The van der Waals surface area contributed by atoms with Crippen LogP contribution in [0.2, 0.25) is 0 Å². The summed E-state index contributed by atoms with van der Waals surface area (Å²) in [5.41, 5.74) is 0.785. The molecule has 6 heteroatoms. The van der Waals surface area contributed by atoms with E-state index in [1.165, 1.54) is 18.0 Å². The molecule has 84 valence electrons. The Labute approximate surface area is 93.7 Å². The maximum absolute atomic E-state index is 11.5. The number of nitrogens with two attached hydrogens (primary N) is 1. The van der Waals surface area contributed by atoms with Gasteiger partial charge in [0.2, 0.25) is 0 Å². The molecule has 0 atom stereocenters. The van der Waals surface area contributed by atoms with Crippen LogP contribution in [-0.2, 0) is 21.3 Å². The van der Waals surface area contributed by atoms with E-state index in [1.807, 2.05) is 6.26 Å². The van der Waals surface area contributed by atoms with Gasteiger partial charge in [-0.15, -0.1) is 11.8 Å². The Hall–Kier alpha value is -0.560. The fourth-order valence-electron chi connectivity index (χ4n) is 1.29. The van der Waals surface area contributed by atoms with Crippen LogP contribution in [0.25, 0.3) is 0 Å². The van der Waals surface area contributed by atoms with E-state index in [-0.39, 0.29) is 6.61 Å². The maximum Gasteiger partial charge on any atom is 0.176 e. The van der Waals surface area contributed by atoms with Gasteiger partial charge in [-0.25, -0.2) is 14.3 Å². The average Bonchev–Trinajstić information content (AvgIpc) is 2.16. The summed E-state index contributed by atoms with van der Waals surface area (Å²) in [5, 5.41) is 0. The molecule has 15 heavy (non-hydrogen) atoms. The standard InChI is InChI=1S/C9H13NO3S2/c1-14-9-7(6-13-10)4-3-5-8(9)15(2,11)12/h3-5H,6,10H2,1-2H3. The molecule has 0 aromatic heterocycles. The highest BCUT2D eigenvalue weighted by Crippen LogP contribution is 2.28. The van der Waals surface area contributed by atoms with Gasteiger partial charge in [0.15, 0.2) is 9.84 Å². The molecule has 0 bridgehead atoms. The number of sulfone groups is 1. The molecular weight excluding hydrogens is 234 g/mol. The highest BCUT2D eigenvalue weighted by atomic mass is 32.2. The van der Waals surface area contributed by atoms with Crippen LogP contribution in [0.3, 0.4) is 0 Å². The van der Waals surface area contributed by atoms with E-state index in [4.69, 9.17) is 5.90 Å². The lowest BCUT2D eigenvalue weighted by molar-refractivity contribution is 0.122. The minimum Gasteiger partial charge on any atom is -0.300 e. The molecule has 4 nitrogen and oxygen atoms in total. The normalized spacial score (nSPS) is 11.7. The number of hydrogen-bond acceptors (Lipinski definition) is 5. The first-order chi connectivity index (χ1) is 7.00. The van der Waals surface area contributed by atoms with E-state index in [0.717, 1.165) is 5.56 Å². The Kier molecular flexibility index (Phi) is 4.15. The number of benzene rings is 1. The van der Waals surface area contributed by atoms with E-state index in [2.05, 4.69) is 4.84 Å². The molecule has 0 unspecified atom stereocenters. The van der Waals surface area contributed by atoms with E-state index in [0.29, 0.717) is 9.79 Å². The van der Waals surface area contributed by atoms with Gasteiger partial charge >= 0.3 is 0 Å². The molecule has 2 N–H and O–H groups in total. The fraction of sp³-hybridized carbons (Fsp3) is 0.333. The second-order valence-electron chi connectivity index (χ2n) is 3.03. The largest absolute Gasteiger partial charge is 0.300 e. The molecule has 1 aromatic carbocycles. The highest BCUT2D eigenvalue weighted by Gasteiger charge is 2.15. The lowest BCUT2D eigenvalue weighted by Gasteiger charge is -2.10. The molecule has 0 aliphatic heterocycles. The third-order valence-corrected chi connectivity index (χ3v) is 4.06. The summed E-state index contributed by atoms with van der Waals surface area (Å²) >= 11 is 1.37. The molecular formula is C9H13NO3S2. The van der Waals surface area contributed by atoms with E-state index >= 15 is 0 Å². The Morgan fingerprint density at radius 1 is 1.47 bits per heavy atom. The van der Waals surface area contributed by atoms with Gasteiger partial charge < -0.3 is 0 Å². The van der Waals surface area contributed by atoms with Crippen molar-refractivity contribution in [3.8, 4) is 0 Å². The zero-order valence-corrected chi connectivity index (χ0v) is 10.2. The van der Waals surface area contributed by atoms with Gasteiger partial charge in [0.25, 0.3) is 0 Å². The summed E-state index contributed by atoms with van der Waals surface area (Å²) in [5.74, 6) is 4.98. The average molecular weight is 247 g/mol. The Morgan fingerprint density at radius 2 is 2.13 bits per heavy atom. The van der Waals surface area contributed by atoms with E-state index < -0.39 is 9.84 Å². The van der Waals surface area contributed by atoms with Gasteiger partial charge in [-0.1, -0.05) is 12.1 Å². The smallest absolute Gasteiger partial charge is 0.176 e. The minimum absolute atomic E-state index is 0.208. The molecule has 0 saturated carbocycles. The van der Waals surface area contributed by atoms with Crippen LogP contribution in [-0.4, -0.2) is 20.9 Å². The maximum atomic E-state index is 11.5. The van der Waals surface area contributed by atoms with Crippen molar-refractivity contribution < 1.29 is 13.3 Å². The predicted molar refractivity (Wildman–Crippen MR) is 60.3 cm³/mol. The first kappa shape index (κ1) is 12.5. The molecule has 0 fully saturated rings. The van der Waals surface area contributed by atoms with E-state index in [1.54, 1.807) is 18.2 Å². The zero-order valence-electron chi connectivity index (χ0n) is 8.56. The van der Waals surface area contributed by atoms with Crippen molar-refractivity contribution in [1.29, 1.82) is 0 Å². The van der Waals surface area contributed by atoms with Gasteiger partial charge in [0.1, 0.15) is 0 Å². The SMILES string of the molecule is CSc1c(CON)cccc1S(C)(=O)=O. The monoisotopic (exact) mass is 247 g/mol. The number of hydrogen-bond donors (Lipinski definition) is 1. The molecule has 0 amide bonds. The van der Waals surface area contributed by atoms with Gasteiger partial charge in [0.05, 0.1) is 11.5 Å². The molecule has 0 radical (unpaired) electrons. The van der Waals surface area contributed by atoms with Gasteiger partial charge in [-0.2, -0.15) is 0 Å². The van der Waals surface area contributed by atoms with Crippen molar-refractivity contribution in [2.75, 3.05) is 12.5 Å².